The molecule has 0 saturated heterocycles. The highest BCUT2D eigenvalue weighted by molar-refractivity contribution is 7.89. The van der Waals surface area contributed by atoms with E-state index in [1.807, 2.05) is 19.1 Å². The van der Waals surface area contributed by atoms with E-state index in [0.717, 1.165) is 18.1 Å². The highest BCUT2D eigenvalue weighted by Crippen LogP contribution is 2.11. The Labute approximate surface area is 155 Å². The first-order valence-electron chi connectivity index (χ1n) is 8.55. The average molecular weight is 375 g/mol. The van der Waals surface area contributed by atoms with Gasteiger partial charge in [-0.2, -0.15) is 0 Å². The molecule has 3 N–H and O–H groups in total. The Hall–Kier alpha value is -2.38. The topological polar surface area (TPSA) is 82.6 Å². The molecule has 0 amide bonds. The Balaban J connectivity index is 2.03. The number of sulfonamides is 1. The summed E-state index contributed by atoms with van der Waals surface area (Å²) in [5, 5.41) is 6.55. The fraction of sp³-hybridized carbons (Fsp3) is 0.316. The zero-order chi connectivity index (χ0) is 19.0. The molecule has 140 valence electrons. The van der Waals surface area contributed by atoms with Gasteiger partial charge in [0.15, 0.2) is 5.96 Å². The molecule has 2 aromatic rings. The first kappa shape index (κ1) is 19.9. The molecular weight excluding hydrogens is 348 g/mol. The van der Waals surface area contributed by atoms with E-state index in [-0.39, 0.29) is 4.90 Å². The van der Waals surface area contributed by atoms with Crippen molar-refractivity contribution in [3.63, 3.8) is 0 Å². The largest absolute Gasteiger partial charge is 0.357 e. The second-order valence-electron chi connectivity index (χ2n) is 5.83. The Morgan fingerprint density at radius 2 is 1.73 bits per heavy atom. The van der Waals surface area contributed by atoms with Gasteiger partial charge in [-0.1, -0.05) is 36.4 Å². The monoisotopic (exact) mass is 374 g/mol. The summed E-state index contributed by atoms with van der Waals surface area (Å²) < 4.78 is 25.8. The molecule has 0 atom stereocenters. The maximum Gasteiger partial charge on any atom is 0.240 e. The number of aryl methyl sites for hydroxylation is 1. The van der Waals surface area contributed by atoms with Crippen LogP contribution in [0.15, 0.2) is 58.4 Å². The SMILES string of the molecule is CCNC(=NCc1ccc(S(=O)(=O)NC)cc1)NCc1ccccc1C. The van der Waals surface area contributed by atoms with Crippen molar-refractivity contribution in [2.45, 2.75) is 31.8 Å². The number of benzene rings is 2. The van der Waals surface area contributed by atoms with E-state index >= 15 is 0 Å². The Morgan fingerprint density at radius 3 is 2.35 bits per heavy atom. The summed E-state index contributed by atoms with van der Waals surface area (Å²) in [6.07, 6.45) is 0. The van der Waals surface area contributed by atoms with Crippen LogP contribution in [0.4, 0.5) is 0 Å². The van der Waals surface area contributed by atoms with E-state index in [0.29, 0.717) is 13.1 Å². The number of rotatable bonds is 7. The summed E-state index contributed by atoms with van der Waals surface area (Å²) in [5.41, 5.74) is 3.39. The minimum Gasteiger partial charge on any atom is -0.357 e. The van der Waals surface area contributed by atoms with Gasteiger partial charge < -0.3 is 10.6 Å². The molecule has 0 fully saturated rings. The highest BCUT2D eigenvalue weighted by Gasteiger charge is 2.10. The van der Waals surface area contributed by atoms with Crippen molar-refractivity contribution < 1.29 is 8.42 Å². The summed E-state index contributed by atoms with van der Waals surface area (Å²) in [6.45, 7) is 6.02. The van der Waals surface area contributed by atoms with Gasteiger partial charge in [0, 0.05) is 13.1 Å². The molecule has 0 spiro atoms. The minimum absolute atomic E-state index is 0.248. The third kappa shape index (κ3) is 5.57. The molecule has 2 aromatic carbocycles. The zero-order valence-electron chi connectivity index (χ0n) is 15.4. The second kappa shape index (κ2) is 9.35. The van der Waals surface area contributed by atoms with Gasteiger partial charge in [0.1, 0.15) is 0 Å². The van der Waals surface area contributed by atoms with Crippen LogP contribution in [-0.2, 0) is 23.1 Å². The Bertz CT molecular complexity index is 846. The van der Waals surface area contributed by atoms with Gasteiger partial charge in [-0.05, 0) is 49.7 Å². The lowest BCUT2D eigenvalue weighted by Crippen LogP contribution is -2.36. The second-order valence-corrected chi connectivity index (χ2v) is 7.71. The van der Waals surface area contributed by atoms with Crippen LogP contribution in [0.3, 0.4) is 0 Å². The van der Waals surface area contributed by atoms with E-state index in [1.54, 1.807) is 24.3 Å². The molecule has 0 aliphatic heterocycles. The van der Waals surface area contributed by atoms with Crippen LogP contribution in [-0.4, -0.2) is 28.0 Å². The van der Waals surface area contributed by atoms with Gasteiger partial charge in [-0.15, -0.1) is 0 Å². The molecule has 0 bridgehead atoms. The van der Waals surface area contributed by atoms with Crippen molar-refractivity contribution in [1.82, 2.24) is 15.4 Å². The van der Waals surface area contributed by atoms with Crippen LogP contribution in [0.1, 0.15) is 23.6 Å². The van der Waals surface area contributed by atoms with Gasteiger partial charge >= 0.3 is 0 Å². The van der Waals surface area contributed by atoms with Crippen molar-refractivity contribution in [2.75, 3.05) is 13.6 Å². The van der Waals surface area contributed by atoms with Gasteiger partial charge in [-0.3, -0.25) is 0 Å². The van der Waals surface area contributed by atoms with Crippen LogP contribution >= 0.6 is 0 Å². The maximum absolute atomic E-state index is 11.8. The van der Waals surface area contributed by atoms with Crippen molar-refractivity contribution in [2.24, 2.45) is 4.99 Å². The maximum atomic E-state index is 11.8. The smallest absolute Gasteiger partial charge is 0.240 e. The van der Waals surface area contributed by atoms with E-state index in [1.165, 1.54) is 18.2 Å². The summed E-state index contributed by atoms with van der Waals surface area (Å²) in [7, 11) is -2.01. The van der Waals surface area contributed by atoms with Gasteiger partial charge in [0.05, 0.1) is 11.4 Å². The molecule has 0 unspecified atom stereocenters. The van der Waals surface area contributed by atoms with Crippen molar-refractivity contribution in [1.29, 1.82) is 0 Å². The van der Waals surface area contributed by atoms with Crippen molar-refractivity contribution in [3.8, 4) is 0 Å². The molecule has 0 aliphatic carbocycles. The molecule has 2 rings (SSSR count). The lowest BCUT2D eigenvalue weighted by Gasteiger charge is -2.13. The van der Waals surface area contributed by atoms with Gasteiger partial charge in [-0.25, -0.2) is 18.1 Å². The zero-order valence-corrected chi connectivity index (χ0v) is 16.2. The van der Waals surface area contributed by atoms with E-state index in [9.17, 15) is 8.42 Å². The normalized spacial score (nSPS) is 12.0. The quantitative estimate of drug-likeness (QED) is 0.512. The molecule has 0 heterocycles. The number of nitrogens with zero attached hydrogens (tertiary/aromatic N) is 1. The summed E-state index contributed by atoms with van der Waals surface area (Å²) in [6, 6.07) is 14.9. The van der Waals surface area contributed by atoms with Gasteiger partial charge in [0.2, 0.25) is 10.0 Å². The Kier molecular flexibility index (Phi) is 7.17. The molecule has 0 saturated carbocycles. The lowest BCUT2D eigenvalue weighted by molar-refractivity contribution is 0.588. The number of guanidine groups is 1. The summed E-state index contributed by atoms with van der Waals surface area (Å²) in [4.78, 5) is 4.82. The molecule has 0 aromatic heterocycles. The Morgan fingerprint density at radius 1 is 1.04 bits per heavy atom. The van der Waals surface area contributed by atoms with Crippen molar-refractivity contribution in [3.05, 3.63) is 65.2 Å². The van der Waals surface area contributed by atoms with Crippen LogP contribution in [0.5, 0.6) is 0 Å². The third-order valence-corrected chi connectivity index (χ3v) is 5.40. The van der Waals surface area contributed by atoms with Crippen LogP contribution in [0.2, 0.25) is 0 Å². The fourth-order valence-corrected chi connectivity index (χ4v) is 3.12. The number of hydrogen-bond acceptors (Lipinski definition) is 3. The van der Waals surface area contributed by atoms with E-state index in [4.69, 9.17) is 0 Å². The van der Waals surface area contributed by atoms with Crippen LogP contribution < -0.4 is 15.4 Å². The molecular formula is C19H26N4O2S. The predicted molar refractivity (Wildman–Crippen MR) is 106 cm³/mol. The van der Waals surface area contributed by atoms with Crippen molar-refractivity contribution >= 4 is 16.0 Å². The lowest BCUT2D eigenvalue weighted by atomic mass is 10.1. The minimum atomic E-state index is -3.41. The van der Waals surface area contributed by atoms with Crippen LogP contribution in [0.25, 0.3) is 0 Å². The third-order valence-electron chi connectivity index (χ3n) is 3.97. The number of hydrogen-bond donors (Lipinski definition) is 3. The molecule has 26 heavy (non-hydrogen) atoms. The number of aliphatic imine (C=N–C) groups is 1. The molecule has 0 radical (unpaired) electrons. The summed E-state index contributed by atoms with van der Waals surface area (Å²) >= 11 is 0. The molecule has 7 heteroatoms. The fourth-order valence-electron chi connectivity index (χ4n) is 2.39. The average Bonchev–Trinajstić information content (AvgIpc) is 2.65. The van der Waals surface area contributed by atoms with E-state index < -0.39 is 10.0 Å². The van der Waals surface area contributed by atoms with E-state index in [2.05, 4.69) is 39.4 Å². The molecule has 0 aliphatic rings. The first-order chi connectivity index (χ1) is 12.5. The van der Waals surface area contributed by atoms with Gasteiger partial charge in [0.25, 0.3) is 0 Å². The number of nitrogens with one attached hydrogen (secondary N) is 3. The van der Waals surface area contributed by atoms with Crippen LogP contribution in [0, 0.1) is 6.92 Å². The highest BCUT2D eigenvalue weighted by atomic mass is 32.2. The molecule has 6 nitrogen and oxygen atoms in total. The standard InChI is InChI=1S/C19H26N4O2S/c1-4-21-19(23-14-17-8-6-5-7-15(17)2)22-13-16-9-11-18(12-10-16)26(24,25)20-3/h5-12,20H,4,13-14H2,1-3H3,(H2,21,22,23). The predicted octanol–water partition coefficient (Wildman–Crippen LogP) is 2.16. The first-order valence-corrected chi connectivity index (χ1v) is 10.0. The summed E-state index contributed by atoms with van der Waals surface area (Å²) in [5.74, 6) is 0.725.